The van der Waals surface area contributed by atoms with Gasteiger partial charge in [-0.3, -0.25) is 14.6 Å². The molecule has 2 aliphatic rings. The van der Waals surface area contributed by atoms with E-state index in [4.69, 9.17) is 9.72 Å². The summed E-state index contributed by atoms with van der Waals surface area (Å²) in [4.78, 5) is 23.5. The lowest BCUT2D eigenvalue weighted by Gasteiger charge is -2.48. The molecule has 2 aromatic carbocycles. The molecule has 3 aromatic heterocycles. The fourth-order valence-corrected chi connectivity index (χ4v) is 9.24. The van der Waals surface area contributed by atoms with Crippen LogP contribution in [0.2, 0.25) is 0 Å². The molecule has 0 bridgehead atoms. The molecule has 1 spiro atoms. The number of aryl methyl sites for hydroxylation is 1. The summed E-state index contributed by atoms with van der Waals surface area (Å²) in [5.41, 5.74) is 6.32. The van der Waals surface area contributed by atoms with Crippen LogP contribution >= 0.6 is 23.1 Å². The van der Waals surface area contributed by atoms with Gasteiger partial charge in [-0.15, -0.1) is 0 Å². The highest BCUT2D eigenvalue weighted by Crippen LogP contribution is 2.46. The second-order valence-corrected chi connectivity index (χ2v) is 18.5. The van der Waals surface area contributed by atoms with E-state index in [1.54, 1.807) is 39.0 Å². The summed E-state index contributed by atoms with van der Waals surface area (Å²) >= 11 is 3.61. The van der Waals surface area contributed by atoms with Gasteiger partial charge in [0.25, 0.3) is 0 Å². The molecule has 0 saturated carbocycles. The van der Waals surface area contributed by atoms with Crippen molar-refractivity contribution in [3.05, 3.63) is 59.7 Å². The number of aromatic nitrogens is 6. The number of nitrogens with one attached hydrogen (secondary N) is 2. The van der Waals surface area contributed by atoms with Crippen LogP contribution in [0.25, 0.3) is 22.2 Å². The molecule has 2 saturated heterocycles. The number of piperidine rings is 2. The molecular weight excluding hydrogens is 727 g/mol. The SMILES string of the molecule is COc1cc(N2CCC3(CC2)CCN(C(C)C)CC3)c(-c2cnn(C)c2)cc1Nc1ncc(Br)c(Nc2ccc3nccnc3c2P(C)(C)=O)n1. The predicted molar refractivity (Wildman–Crippen MR) is 210 cm³/mol. The second kappa shape index (κ2) is 14.2. The van der Waals surface area contributed by atoms with Crippen LogP contribution in [0, 0.1) is 5.41 Å². The Morgan fingerprint density at radius 1 is 0.941 bits per heavy atom. The summed E-state index contributed by atoms with van der Waals surface area (Å²) < 4.78 is 22.0. The lowest BCUT2D eigenvalue weighted by Crippen LogP contribution is -2.48. The molecule has 12 nitrogen and oxygen atoms in total. The molecule has 0 unspecified atom stereocenters. The molecule has 0 aliphatic carbocycles. The number of rotatable bonds is 9. The van der Waals surface area contributed by atoms with Crippen LogP contribution in [-0.2, 0) is 11.6 Å². The number of hydrogen-bond donors (Lipinski definition) is 2. The summed E-state index contributed by atoms with van der Waals surface area (Å²) in [5.74, 6) is 1.57. The first kappa shape index (κ1) is 35.3. The highest BCUT2D eigenvalue weighted by atomic mass is 79.9. The average molecular weight is 774 g/mol. The molecule has 0 radical (unpaired) electrons. The van der Waals surface area contributed by atoms with E-state index in [0.717, 1.165) is 35.6 Å². The zero-order chi connectivity index (χ0) is 35.9. The molecule has 7 rings (SSSR count). The van der Waals surface area contributed by atoms with E-state index in [2.05, 4.69) is 82.4 Å². The van der Waals surface area contributed by atoms with E-state index in [0.29, 0.717) is 55.5 Å². The molecule has 5 aromatic rings. The van der Waals surface area contributed by atoms with E-state index in [9.17, 15) is 4.57 Å². The van der Waals surface area contributed by atoms with Crippen LogP contribution in [-0.4, -0.2) is 87.3 Å². The molecule has 14 heteroatoms. The Labute approximate surface area is 307 Å². The van der Waals surface area contributed by atoms with E-state index in [-0.39, 0.29) is 0 Å². The van der Waals surface area contributed by atoms with E-state index < -0.39 is 7.14 Å². The van der Waals surface area contributed by atoms with Gasteiger partial charge in [-0.1, -0.05) is 0 Å². The van der Waals surface area contributed by atoms with Crippen LogP contribution in [0.15, 0.2) is 59.7 Å². The van der Waals surface area contributed by atoms with Crippen molar-refractivity contribution in [1.29, 1.82) is 0 Å². The third-order valence-electron chi connectivity index (χ3n) is 10.5. The fraction of sp³-hybridized carbons (Fsp3) is 0.432. The summed E-state index contributed by atoms with van der Waals surface area (Å²) in [5, 5.41) is 11.9. The Kier molecular flexibility index (Phi) is 9.82. The summed E-state index contributed by atoms with van der Waals surface area (Å²) in [7, 11) is 0.862. The van der Waals surface area contributed by atoms with Crippen molar-refractivity contribution >= 4 is 68.2 Å². The number of likely N-dealkylation sites (tertiary alicyclic amines) is 1. The van der Waals surface area contributed by atoms with Crippen molar-refractivity contribution in [3.8, 4) is 16.9 Å². The second-order valence-electron chi connectivity index (χ2n) is 14.5. The van der Waals surface area contributed by atoms with Gasteiger partial charge in [0.2, 0.25) is 5.95 Å². The Morgan fingerprint density at radius 2 is 1.67 bits per heavy atom. The first-order valence-electron chi connectivity index (χ1n) is 17.5. The lowest BCUT2D eigenvalue weighted by molar-refractivity contribution is 0.0632. The van der Waals surface area contributed by atoms with Gasteiger partial charge in [0, 0.05) is 73.8 Å². The summed E-state index contributed by atoms with van der Waals surface area (Å²) in [6, 6.07) is 8.58. The van der Waals surface area contributed by atoms with Crippen LogP contribution in [0.3, 0.4) is 0 Å². The molecule has 268 valence electrons. The van der Waals surface area contributed by atoms with E-state index in [1.165, 1.54) is 38.8 Å². The third-order valence-corrected chi connectivity index (χ3v) is 12.6. The van der Waals surface area contributed by atoms with Gasteiger partial charge >= 0.3 is 0 Å². The highest BCUT2D eigenvalue weighted by Gasteiger charge is 2.38. The minimum Gasteiger partial charge on any atom is -0.494 e. The first-order valence-corrected chi connectivity index (χ1v) is 20.9. The average Bonchev–Trinajstić information content (AvgIpc) is 3.55. The van der Waals surface area contributed by atoms with Gasteiger partial charge in [0.1, 0.15) is 24.2 Å². The van der Waals surface area contributed by atoms with Gasteiger partial charge in [0.15, 0.2) is 0 Å². The Bertz CT molecular complexity index is 2100. The molecular formula is C37H46BrN10O2P. The quantitative estimate of drug-likeness (QED) is 0.146. The normalized spacial score (nSPS) is 16.6. The molecule has 0 atom stereocenters. The van der Waals surface area contributed by atoms with Crippen LogP contribution < -0.4 is 25.6 Å². The van der Waals surface area contributed by atoms with Crippen molar-refractivity contribution in [2.45, 2.75) is 45.6 Å². The molecule has 5 heterocycles. The number of benzene rings is 2. The maximum Gasteiger partial charge on any atom is 0.229 e. The molecule has 51 heavy (non-hydrogen) atoms. The van der Waals surface area contributed by atoms with Crippen LogP contribution in [0.5, 0.6) is 5.75 Å². The zero-order valence-corrected chi connectivity index (χ0v) is 32.6. The smallest absolute Gasteiger partial charge is 0.229 e. The molecule has 2 fully saturated rings. The van der Waals surface area contributed by atoms with Gasteiger partial charge < -0.3 is 29.7 Å². The standard InChI is InChI=1S/C37H46BrN10O2P/c1-24(2)47-15-9-37(10-16-47)11-17-48(18-12-37)31-20-32(50-4)30(19-26(31)25-21-42-46(3)23-25)44-36-41-22-27(38)35(45-36)43-29-8-7-28-33(40-14-13-39-28)34(29)51(5,6)49/h7-8,13-14,19-24H,9-12,15-18H2,1-6H3,(H2,41,43,44,45). The number of ether oxygens (including phenoxy) is 1. The Hall–Kier alpha value is -4.06. The van der Waals surface area contributed by atoms with Gasteiger partial charge in [-0.2, -0.15) is 10.1 Å². The number of methoxy groups -OCH3 is 1. The Balaban J connectivity index is 1.18. The van der Waals surface area contributed by atoms with Crippen molar-refractivity contribution < 1.29 is 9.30 Å². The Morgan fingerprint density at radius 3 is 2.33 bits per heavy atom. The minimum absolute atomic E-state index is 0.370. The van der Waals surface area contributed by atoms with E-state index >= 15 is 0 Å². The lowest BCUT2D eigenvalue weighted by atomic mass is 9.71. The largest absolute Gasteiger partial charge is 0.494 e. The maximum absolute atomic E-state index is 13.5. The summed E-state index contributed by atoms with van der Waals surface area (Å²) in [6.45, 7) is 12.5. The number of fused-ring (bicyclic) bond motifs is 1. The van der Waals surface area contributed by atoms with Crippen molar-refractivity contribution in [1.82, 2.24) is 34.6 Å². The number of anilines is 5. The maximum atomic E-state index is 13.5. The number of halogens is 1. The van der Waals surface area contributed by atoms with Crippen molar-refractivity contribution in [2.24, 2.45) is 12.5 Å². The topological polar surface area (TPSA) is 126 Å². The first-order chi connectivity index (χ1) is 24.4. The van der Waals surface area contributed by atoms with Crippen LogP contribution in [0.4, 0.5) is 28.8 Å². The van der Waals surface area contributed by atoms with Crippen molar-refractivity contribution in [3.63, 3.8) is 0 Å². The van der Waals surface area contributed by atoms with Crippen molar-refractivity contribution in [2.75, 3.05) is 62.2 Å². The molecule has 0 amide bonds. The highest BCUT2D eigenvalue weighted by molar-refractivity contribution is 9.10. The number of nitrogens with zero attached hydrogens (tertiary/aromatic N) is 8. The third kappa shape index (κ3) is 7.34. The van der Waals surface area contributed by atoms with Gasteiger partial charge in [0.05, 0.1) is 40.0 Å². The monoisotopic (exact) mass is 772 g/mol. The van der Waals surface area contributed by atoms with Crippen LogP contribution in [0.1, 0.15) is 39.5 Å². The van der Waals surface area contributed by atoms with Gasteiger partial charge in [-0.25, -0.2) is 4.98 Å². The number of hydrogen-bond acceptors (Lipinski definition) is 11. The zero-order valence-electron chi connectivity index (χ0n) is 30.1. The molecule has 2 N–H and O–H groups in total. The molecule has 2 aliphatic heterocycles. The van der Waals surface area contributed by atoms with E-state index in [1.807, 2.05) is 36.3 Å². The summed E-state index contributed by atoms with van der Waals surface area (Å²) in [6.07, 6.45) is 13.8. The minimum atomic E-state index is -2.77. The fourth-order valence-electron chi connectivity index (χ4n) is 7.56. The predicted octanol–water partition coefficient (Wildman–Crippen LogP) is 7.42. The van der Waals surface area contributed by atoms with Gasteiger partial charge in [-0.05, 0) is 105 Å².